The van der Waals surface area contributed by atoms with E-state index in [1.54, 1.807) is 0 Å². The normalized spacial score (nSPS) is 20.0. The van der Waals surface area contributed by atoms with E-state index in [9.17, 15) is 4.79 Å². The summed E-state index contributed by atoms with van der Waals surface area (Å²) in [4.78, 5) is 18.3. The lowest BCUT2D eigenvalue weighted by Crippen LogP contribution is -2.55. The van der Waals surface area contributed by atoms with Gasteiger partial charge in [-0.25, -0.2) is 0 Å². The Bertz CT molecular complexity index is 435. The van der Waals surface area contributed by atoms with Crippen LogP contribution in [0.15, 0.2) is 4.52 Å². The van der Waals surface area contributed by atoms with Gasteiger partial charge in [-0.3, -0.25) is 9.69 Å². The summed E-state index contributed by atoms with van der Waals surface area (Å²) < 4.78 is 10.3. The molecule has 1 N–H and O–H groups in total. The molecule has 0 aromatic carbocycles. The molecule has 2 rings (SSSR count). The molecule has 0 spiro atoms. The Morgan fingerprint density at radius 1 is 1.55 bits per heavy atom. The number of ether oxygens (including phenoxy) is 1. The van der Waals surface area contributed by atoms with Crippen molar-refractivity contribution in [3.63, 3.8) is 0 Å². The number of hydrogen-bond acceptors (Lipinski definition) is 7. The van der Waals surface area contributed by atoms with Crippen LogP contribution in [0.1, 0.15) is 32.0 Å². The van der Waals surface area contributed by atoms with Crippen molar-refractivity contribution in [1.29, 1.82) is 0 Å². The Balaban J connectivity index is 1.98. The molecule has 1 aliphatic rings. The smallest absolute Gasteiger partial charge is 0.324 e. The van der Waals surface area contributed by atoms with Gasteiger partial charge in [-0.15, -0.1) is 0 Å². The third-order valence-corrected chi connectivity index (χ3v) is 3.23. The molecule has 0 bridgehead atoms. The molecule has 7 heteroatoms. The number of carbonyl (C=O) groups excluding carboxylic acids is 1. The van der Waals surface area contributed by atoms with Crippen molar-refractivity contribution in [2.24, 2.45) is 0 Å². The summed E-state index contributed by atoms with van der Waals surface area (Å²) in [5, 5.41) is 7.18. The van der Waals surface area contributed by atoms with E-state index in [-0.39, 0.29) is 12.0 Å². The van der Waals surface area contributed by atoms with Gasteiger partial charge in [0.05, 0.1) is 13.2 Å². The number of nitrogens with zero attached hydrogens (tertiary/aromatic N) is 3. The number of carbonyl (C=O) groups is 1. The van der Waals surface area contributed by atoms with Crippen molar-refractivity contribution in [2.45, 2.75) is 39.3 Å². The van der Waals surface area contributed by atoms with Crippen LogP contribution in [0.3, 0.4) is 0 Å². The molecule has 20 heavy (non-hydrogen) atoms. The minimum Gasteiger partial charge on any atom is -0.465 e. The number of rotatable bonds is 6. The zero-order valence-corrected chi connectivity index (χ0v) is 12.1. The highest BCUT2D eigenvalue weighted by Gasteiger charge is 2.30. The van der Waals surface area contributed by atoms with Gasteiger partial charge in [0, 0.05) is 26.1 Å². The van der Waals surface area contributed by atoms with Crippen molar-refractivity contribution in [1.82, 2.24) is 20.4 Å². The van der Waals surface area contributed by atoms with Crippen molar-refractivity contribution in [2.75, 3.05) is 26.2 Å². The third kappa shape index (κ3) is 3.77. The summed E-state index contributed by atoms with van der Waals surface area (Å²) >= 11 is 0. The van der Waals surface area contributed by atoms with Crippen LogP contribution in [0.25, 0.3) is 0 Å². The molecule has 2 heterocycles. The molecule has 0 amide bonds. The fraction of sp³-hybridized carbons (Fsp3) is 0.769. The standard InChI is InChI=1S/C13H22N4O3/c1-3-5-12-15-11(16-20-12)9-17-7-6-14-8-10(17)13(18)19-4-2/h10,14H,3-9H2,1-2H3. The molecule has 1 unspecified atom stereocenters. The number of piperazine rings is 1. The largest absolute Gasteiger partial charge is 0.465 e. The molecule has 0 radical (unpaired) electrons. The number of hydrogen-bond donors (Lipinski definition) is 1. The second kappa shape index (κ2) is 7.35. The Morgan fingerprint density at radius 3 is 3.15 bits per heavy atom. The van der Waals surface area contributed by atoms with Crippen LogP contribution in [0, 0.1) is 0 Å². The van der Waals surface area contributed by atoms with Gasteiger partial charge < -0.3 is 14.6 Å². The van der Waals surface area contributed by atoms with Gasteiger partial charge in [-0.05, 0) is 13.3 Å². The minimum absolute atomic E-state index is 0.197. The maximum atomic E-state index is 11.9. The second-order valence-electron chi connectivity index (χ2n) is 4.80. The third-order valence-electron chi connectivity index (χ3n) is 3.23. The number of nitrogens with one attached hydrogen (secondary N) is 1. The van der Waals surface area contributed by atoms with Crippen molar-refractivity contribution >= 4 is 5.97 Å². The van der Waals surface area contributed by atoms with E-state index in [2.05, 4.69) is 22.4 Å². The van der Waals surface area contributed by atoms with Gasteiger partial charge in [0.15, 0.2) is 5.82 Å². The SMILES string of the molecule is CCCc1nc(CN2CCNCC2C(=O)OCC)no1. The maximum absolute atomic E-state index is 11.9. The summed E-state index contributed by atoms with van der Waals surface area (Å²) in [6.45, 7) is 6.99. The van der Waals surface area contributed by atoms with Crippen LogP contribution in [-0.4, -0.2) is 53.3 Å². The highest BCUT2D eigenvalue weighted by Crippen LogP contribution is 2.10. The molecular weight excluding hydrogens is 260 g/mol. The lowest BCUT2D eigenvalue weighted by molar-refractivity contribution is -0.150. The van der Waals surface area contributed by atoms with E-state index in [1.165, 1.54) is 0 Å². The number of aryl methyl sites for hydroxylation is 1. The van der Waals surface area contributed by atoms with Crippen LogP contribution in [-0.2, 0) is 22.5 Å². The first-order valence-electron chi connectivity index (χ1n) is 7.17. The summed E-state index contributed by atoms with van der Waals surface area (Å²) in [5.41, 5.74) is 0. The number of esters is 1. The van der Waals surface area contributed by atoms with Gasteiger partial charge in [0.1, 0.15) is 6.04 Å². The van der Waals surface area contributed by atoms with Gasteiger partial charge >= 0.3 is 5.97 Å². The molecule has 0 aliphatic carbocycles. The highest BCUT2D eigenvalue weighted by molar-refractivity contribution is 5.76. The summed E-state index contributed by atoms with van der Waals surface area (Å²) in [7, 11) is 0. The maximum Gasteiger partial charge on any atom is 0.324 e. The van der Waals surface area contributed by atoms with E-state index in [0.717, 1.165) is 25.9 Å². The summed E-state index contributed by atoms with van der Waals surface area (Å²) in [5.74, 6) is 1.09. The quantitative estimate of drug-likeness (QED) is 0.754. The molecule has 0 saturated carbocycles. The van der Waals surface area contributed by atoms with Gasteiger partial charge in [-0.1, -0.05) is 12.1 Å². The van der Waals surface area contributed by atoms with E-state index >= 15 is 0 Å². The molecular formula is C13H22N4O3. The topological polar surface area (TPSA) is 80.5 Å². The first-order valence-corrected chi connectivity index (χ1v) is 7.17. The molecule has 1 aromatic heterocycles. The summed E-state index contributed by atoms with van der Waals surface area (Å²) in [6.07, 6.45) is 1.76. The van der Waals surface area contributed by atoms with Gasteiger partial charge in [-0.2, -0.15) is 4.98 Å². The minimum atomic E-state index is -0.281. The van der Waals surface area contributed by atoms with E-state index in [1.807, 2.05) is 11.8 Å². The fourth-order valence-corrected chi connectivity index (χ4v) is 2.26. The molecule has 7 nitrogen and oxygen atoms in total. The molecule has 1 aliphatic heterocycles. The Labute approximate surface area is 118 Å². The first-order chi connectivity index (χ1) is 9.74. The molecule has 1 aromatic rings. The van der Waals surface area contributed by atoms with Crippen molar-refractivity contribution < 1.29 is 14.1 Å². The Hall–Kier alpha value is -1.47. The molecule has 1 atom stereocenters. The fourth-order valence-electron chi connectivity index (χ4n) is 2.26. The molecule has 1 fully saturated rings. The van der Waals surface area contributed by atoms with Crippen LogP contribution >= 0.6 is 0 Å². The number of aromatic nitrogens is 2. The van der Waals surface area contributed by atoms with E-state index in [0.29, 0.717) is 31.4 Å². The van der Waals surface area contributed by atoms with Crippen LogP contribution in [0.4, 0.5) is 0 Å². The van der Waals surface area contributed by atoms with Gasteiger partial charge in [0.2, 0.25) is 5.89 Å². The lowest BCUT2D eigenvalue weighted by Gasteiger charge is -2.33. The van der Waals surface area contributed by atoms with Crippen molar-refractivity contribution in [3.05, 3.63) is 11.7 Å². The second-order valence-corrected chi connectivity index (χ2v) is 4.80. The monoisotopic (exact) mass is 282 g/mol. The van der Waals surface area contributed by atoms with Crippen LogP contribution < -0.4 is 5.32 Å². The summed E-state index contributed by atoms with van der Waals surface area (Å²) in [6, 6.07) is -0.281. The Morgan fingerprint density at radius 2 is 2.40 bits per heavy atom. The predicted molar refractivity (Wildman–Crippen MR) is 72.0 cm³/mol. The first kappa shape index (κ1) is 14.9. The van der Waals surface area contributed by atoms with Crippen molar-refractivity contribution in [3.8, 4) is 0 Å². The van der Waals surface area contributed by atoms with E-state index < -0.39 is 0 Å². The highest BCUT2D eigenvalue weighted by atomic mass is 16.5. The van der Waals surface area contributed by atoms with E-state index in [4.69, 9.17) is 9.26 Å². The zero-order valence-electron chi connectivity index (χ0n) is 12.1. The van der Waals surface area contributed by atoms with Crippen LogP contribution in [0.2, 0.25) is 0 Å². The lowest BCUT2D eigenvalue weighted by atomic mass is 10.2. The Kier molecular flexibility index (Phi) is 5.49. The molecule has 112 valence electrons. The average molecular weight is 282 g/mol. The average Bonchev–Trinajstić information content (AvgIpc) is 2.87. The zero-order chi connectivity index (χ0) is 14.4. The van der Waals surface area contributed by atoms with Gasteiger partial charge in [0.25, 0.3) is 0 Å². The molecule has 1 saturated heterocycles. The predicted octanol–water partition coefficient (Wildman–Crippen LogP) is 0.359. The van der Waals surface area contributed by atoms with Crippen LogP contribution in [0.5, 0.6) is 0 Å².